The van der Waals surface area contributed by atoms with E-state index < -0.39 is 23.9 Å². The number of aryl methyl sites for hydroxylation is 2. The van der Waals surface area contributed by atoms with Crippen molar-refractivity contribution in [1.29, 1.82) is 0 Å². The van der Waals surface area contributed by atoms with Gasteiger partial charge in [0.15, 0.2) is 6.61 Å². The van der Waals surface area contributed by atoms with Gasteiger partial charge in [-0.3, -0.25) is 9.59 Å². The minimum Gasteiger partial charge on any atom is -0.452 e. The molecule has 2 heterocycles. The monoisotopic (exact) mass is 413 g/mol. The van der Waals surface area contributed by atoms with Crippen LogP contribution in [0.4, 0.5) is 5.69 Å². The molecule has 0 spiro atoms. The van der Waals surface area contributed by atoms with Gasteiger partial charge in [0.2, 0.25) is 5.43 Å². The zero-order valence-corrected chi connectivity index (χ0v) is 17.0. The molecule has 0 atom stereocenters. The largest absolute Gasteiger partial charge is 0.452 e. The molecule has 8 heteroatoms. The van der Waals surface area contributed by atoms with Gasteiger partial charge in [-0.25, -0.2) is 9.78 Å². The standard InChI is InChI=1S/C21H20ClN3O4/c1-4-25-10-15(19(27)14-9-8-12(2)23-20(14)25)21(28)29-11-18(26)24-17-7-5-6-16(22)13(17)3/h5-10H,4,11H2,1-3H3,(H,24,26). The van der Waals surface area contributed by atoms with Crippen molar-refractivity contribution in [2.75, 3.05) is 11.9 Å². The van der Waals surface area contributed by atoms with Crippen LogP contribution >= 0.6 is 11.6 Å². The van der Waals surface area contributed by atoms with Gasteiger partial charge >= 0.3 is 5.97 Å². The molecule has 0 aliphatic heterocycles. The molecule has 1 amide bonds. The molecule has 7 nitrogen and oxygen atoms in total. The Balaban J connectivity index is 1.79. The maximum Gasteiger partial charge on any atom is 0.344 e. The van der Waals surface area contributed by atoms with Crippen molar-refractivity contribution in [3.8, 4) is 0 Å². The molecule has 0 unspecified atom stereocenters. The average Bonchev–Trinajstić information content (AvgIpc) is 2.70. The van der Waals surface area contributed by atoms with Gasteiger partial charge in [0, 0.05) is 29.1 Å². The number of nitrogens with one attached hydrogen (secondary N) is 1. The molecule has 29 heavy (non-hydrogen) atoms. The number of carbonyl (C=O) groups excluding carboxylic acids is 2. The number of pyridine rings is 2. The van der Waals surface area contributed by atoms with Crippen LogP contribution in [0.5, 0.6) is 0 Å². The summed E-state index contributed by atoms with van der Waals surface area (Å²) in [5.74, 6) is -1.39. The molecule has 0 aliphatic carbocycles. The summed E-state index contributed by atoms with van der Waals surface area (Å²) < 4.78 is 6.77. The van der Waals surface area contributed by atoms with E-state index in [4.69, 9.17) is 16.3 Å². The summed E-state index contributed by atoms with van der Waals surface area (Å²) in [6, 6.07) is 8.45. The zero-order valence-electron chi connectivity index (χ0n) is 16.3. The highest BCUT2D eigenvalue weighted by molar-refractivity contribution is 6.31. The minimum absolute atomic E-state index is 0.142. The number of ether oxygens (including phenoxy) is 1. The van der Waals surface area contributed by atoms with E-state index in [-0.39, 0.29) is 5.56 Å². The quantitative estimate of drug-likeness (QED) is 0.646. The molecule has 0 fully saturated rings. The lowest BCUT2D eigenvalue weighted by Crippen LogP contribution is -2.25. The smallest absolute Gasteiger partial charge is 0.344 e. The fraction of sp³-hybridized carbons (Fsp3) is 0.238. The first-order valence-electron chi connectivity index (χ1n) is 9.04. The highest BCUT2D eigenvalue weighted by Crippen LogP contribution is 2.22. The predicted octanol–water partition coefficient (Wildman–Crippen LogP) is 3.48. The van der Waals surface area contributed by atoms with E-state index >= 15 is 0 Å². The van der Waals surface area contributed by atoms with Gasteiger partial charge in [0.25, 0.3) is 5.91 Å². The summed E-state index contributed by atoms with van der Waals surface area (Å²) in [5.41, 5.74) is 1.88. The Hall–Kier alpha value is -3.19. The molecule has 150 valence electrons. The van der Waals surface area contributed by atoms with E-state index in [2.05, 4.69) is 10.3 Å². The van der Waals surface area contributed by atoms with Crippen LogP contribution in [0.2, 0.25) is 5.02 Å². The van der Waals surface area contributed by atoms with Crippen molar-refractivity contribution in [2.45, 2.75) is 27.3 Å². The van der Waals surface area contributed by atoms with Gasteiger partial charge in [0.05, 0.1) is 5.39 Å². The molecule has 3 rings (SSSR count). The number of aromatic nitrogens is 2. The first-order chi connectivity index (χ1) is 13.8. The Morgan fingerprint density at radius 1 is 1.21 bits per heavy atom. The lowest BCUT2D eigenvalue weighted by Gasteiger charge is -2.12. The number of hydrogen-bond donors (Lipinski definition) is 1. The van der Waals surface area contributed by atoms with Gasteiger partial charge in [-0.15, -0.1) is 0 Å². The molecule has 0 saturated carbocycles. The zero-order chi connectivity index (χ0) is 21.1. The average molecular weight is 414 g/mol. The van der Waals surface area contributed by atoms with Crippen molar-refractivity contribution in [3.05, 3.63) is 68.6 Å². The number of amides is 1. The van der Waals surface area contributed by atoms with Crippen LogP contribution in [-0.2, 0) is 16.1 Å². The Kier molecular flexibility index (Phi) is 5.98. The number of halogens is 1. The van der Waals surface area contributed by atoms with Crippen LogP contribution in [0.3, 0.4) is 0 Å². The van der Waals surface area contributed by atoms with E-state index in [1.54, 1.807) is 41.8 Å². The molecule has 0 aliphatic rings. The second-order valence-electron chi connectivity index (χ2n) is 6.52. The minimum atomic E-state index is -0.863. The van der Waals surface area contributed by atoms with Crippen molar-refractivity contribution < 1.29 is 14.3 Å². The van der Waals surface area contributed by atoms with Gasteiger partial charge in [-0.1, -0.05) is 17.7 Å². The van der Waals surface area contributed by atoms with E-state index in [0.717, 1.165) is 5.69 Å². The van der Waals surface area contributed by atoms with Crippen LogP contribution in [0.25, 0.3) is 11.0 Å². The maximum absolute atomic E-state index is 12.7. The Morgan fingerprint density at radius 2 is 1.97 bits per heavy atom. The molecule has 2 aromatic heterocycles. The fourth-order valence-corrected chi connectivity index (χ4v) is 3.06. The van der Waals surface area contributed by atoms with E-state index in [1.807, 2.05) is 13.8 Å². The molecule has 1 aromatic carbocycles. The number of fused-ring (bicyclic) bond motifs is 1. The summed E-state index contributed by atoms with van der Waals surface area (Å²) in [7, 11) is 0. The molecule has 3 aromatic rings. The first-order valence-corrected chi connectivity index (χ1v) is 9.42. The van der Waals surface area contributed by atoms with Gasteiger partial charge in [-0.05, 0) is 50.6 Å². The van der Waals surface area contributed by atoms with Gasteiger partial charge < -0.3 is 14.6 Å². The summed E-state index contributed by atoms with van der Waals surface area (Å²) in [6.45, 7) is 5.46. The number of anilines is 1. The Morgan fingerprint density at radius 3 is 2.69 bits per heavy atom. The predicted molar refractivity (Wildman–Crippen MR) is 112 cm³/mol. The summed E-state index contributed by atoms with van der Waals surface area (Å²) in [4.78, 5) is 41.7. The van der Waals surface area contributed by atoms with Gasteiger partial charge in [-0.2, -0.15) is 0 Å². The first kappa shape index (κ1) is 20.5. The lowest BCUT2D eigenvalue weighted by molar-refractivity contribution is -0.119. The molecular formula is C21H20ClN3O4. The van der Waals surface area contributed by atoms with Crippen LogP contribution in [-0.4, -0.2) is 28.0 Å². The molecule has 0 radical (unpaired) electrons. The Bertz CT molecular complexity index is 1170. The third kappa shape index (κ3) is 4.30. The molecule has 1 N–H and O–H groups in total. The van der Waals surface area contributed by atoms with Crippen molar-refractivity contribution in [2.24, 2.45) is 0 Å². The molecule has 0 bridgehead atoms. The van der Waals surface area contributed by atoms with Gasteiger partial charge in [0.1, 0.15) is 11.2 Å². The number of nitrogens with zero attached hydrogens (tertiary/aromatic N) is 2. The van der Waals surface area contributed by atoms with E-state index in [9.17, 15) is 14.4 Å². The number of hydrogen-bond acceptors (Lipinski definition) is 5. The highest BCUT2D eigenvalue weighted by Gasteiger charge is 2.18. The summed E-state index contributed by atoms with van der Waals surface area (Å²) in [5, 5.41) is 3.48. The molecular weight excluding hydrogens is 394 g/mol. The highest BCUT2D eigenvalue weighted by atomic mass is 35.5. The maximum atomic E-state index is 12.7. The van der Waals surface area contributed by atoms with Crippen LogP contribution in [0.15, 0.2) is 41.3 Å². The topological polar surface area (TPSA) is 90.3 Å². The van der Waals surface area contributed by atoms with Crippen molar-refractivity contribution >= 4 is 40.2 Å². The van der Waals surface area contributed by atoms with Crippen LogP contribution < -0.4 is 10.7 Å². The second kappa shape index (κ2) is 8.45. The van der Waals surface area contributed by atoms with Crippen LogP contribution in [0, 0.1) is 13.8 Å². The summed E-state index contributed by atoms with van der Waals surface area (Å²) >= 11 is 6.03. The number of benzene rings is 1. The van der Waals surface area contributed by atoms with E-state index in [0.29, 0.717) is 33.9 Å². The normalized spacial score (nSPS) is 10.8. The second-order valence-corrected chi connectivity index (χ2v) is 6.93. The van der Waals surface area contributed by atoms with Crippen LogP contribution in [0.1, 0.15) is 28.5 Å². The third-order valence-electron chi connectivity index (χ3n) is 4.50. The number of carbonyl (C=O) groups is 2. The number of rotatable bonds is 5. The lowest BCUT2D eigenvalue weighted by atomic mass is 10.2. The van der Waals surface area contributed by atoms with E-state index in [1.165, 1.54) is 6.20 Å². The van der Waals surface area contributed by atoms with Crippen molar-refractivity contribution in [1.82, 2.24) is 9.55 Å². The van der Waals surface area contributed by atoms with Crippen molar-refractivity contribution in [3.63, 3.8) is 0 Å². The third-order valence-corrected chi connectivity index (χ3v) is 4.91. The fourth-order valence-electron chi connectivity index (χ4n) is 2.88. The summed E-state index contributed by atoms with van der Waals surface area (Å²) in [6.07, 6.45) is 1.42. The molecule has 0 saturated heterocycles. The number of esters is 1. The Labute approximate surface area is 172 Å². The SMILES string of the molecule is CCn1cc(C(=O)OCC(=O)Nc2cccc(Cl)c2C)c(=O)c2ccc(C)nc21.